The van der Waals surface area contributed by atoms with Gasteiger partial charge in [-0.05, 0) is 24.3 Å². The molecule has 0 saturated heterocycles. The summed E-state index contributed by atoms with van der Waals surface area (Å²) in [5.41, 5.74) is 0.251. The topological polar surface area (TPSA) is 71.1 Å². The number of hydrogen-bond donors (Lipinski definition) is 2. The molecule has 0 aliphatic rings. The van der Waals surface area contributed by atoms with E-state index in [1.807, 2.05) is 0 Å². The third kappa shape index (κ3) is 3.91. The molecule has 0 aliphatic heterocycles. The highest BCUT2D eigenvalue weighted by molar-refractivity contribution is 7.92. The van der Waals surface area contributed by atoms with Crippen molar-refractivity contribution in [1.82, 2.24) is 4.98 Å². The van der Waals surface area contributed by atoms with Crippen molar-refractivity contribution in [2.75, 3.05) is 17.1 Å². The Morgan fingerprint density at radius 1 is 1.05 bits per heavy atom. The van der Waals surface area contributed by atoms with Crippen LogP contribution in [0.3, 0.4) is 0 Å². The van der Waals surface area contributed by atoms with Crippen LogP contribution in [0, 0.1) is 0 Å². The van der Waals surface area contributed by atoms with E-state index in [1.54, 1.807) is 7.05 Å². The number of benzene rings is 1. The second kappa shape index (κ2) is 6.27. The van der Waals surface area contributed by atoms with Gasteiger partial charge in [-0.1, -0.05) is 34.8 Å². The molecule has 1 heterocycles. The molecule has 0 bridgehead atoms. The minimum Gasteiger partial charge on any atom is -0.372 e. The van der Waals surface area contributed by atoms with Gasteiger partial charge in [0.1, 0.15) is 10.7 Å². The highest BCUT2D eigenvalue weighted by Crippen LogP contribution is 2.26. The Labute approximate surface area is 137 Å². The van der Waals surface area contributed by atoms with Crippen LogP contribution in [0.25, 0.3) is 0 Å². The van der Waals surface area contributed by atoms with Gasteiger partial charge in [0.05, 0.1) is 10.7 Å². The molecule has 2 N–H and O–H groups in total. The zero-order valence-electron chi connectivity index (χ0n) is 10.7. The summed E-state index contributed by atoms with van der Waals surface area (Å²) in [5.74, 6) is 0.390. The molecule has 0 aliphatic carbocycles. The van der Waals surface area contributed by atoms with Crippen LogP contribution in [0.5, 0.6) is 0 Å². The Hall–Kier alpha value is -1.21. The third-order valence-electron chi connectivity index (χ3n) is 2.48. The number of rotatable bonds is 4. The molecule has 1 aromatic heterocycles. The Morgan fingerprint density at radius 3 is 2.19 bits per heavy atom. The van der Waals surface area contributed by atoms with Crippen LogP contribution in [0.1, 0.15) is 0 Å². The van der Waals surface area contributed by atoms with E-state index in [9.17, 15) is 8.42 Å². The maximum absolute atomic E-state index is 12.3. The SMILES string of the molecule is CNc1ncc(S(=O)(=O)Nc2cc(Cl)cc(Cl)c2)cc1Cl. The van der Waals surface area contributed by atoms with E-state index < -0.39 is 10.0 Å². The fraction of sp³-hybridized carbons (Fsp3) is 0.0833. The average molecular weight is 367 g/mol. The van der Waals surface area contributed by atoms with Crippen molar-refractivity contribution in [3.05, 3.63) is 45.5 Å². The molecule has 2 rings (SSSR count). The van der Waals surface area contributed by atoms with Gasteiger partial charge >= 0.3 is 0 Å². The normalized spacial score (nSPS) is 11.2. The first-order chi connectivity index (χ1) is 9.81. The fourth-order valence-corrected chi connectivity index (χ4v) is 3.44. The summed E-state index contributed by atoms with van der Waals surface area (Å²) in [6, 6.07) is 5.69. The standard InChI is InChI=1S/C12H10Cl3N3O2S/c1-16-12-11(15)5-10(6-17-12)21(19,20)18-9-3-7(13)2-8(14)4-9/h2-6,18H,1H3,(H,16,17). The lowest BCUT2D eigenvalue weighted by atomic mass is 10.3. The summed E-state index contributed by atoms with van der Waals surface area (Å²) in [6.07, 6.45) is 1.20. The van der Waals surface area contributed by atoms with E-state index in [2.05, 4.69) is 15.0 Å². The predicted octanol–water partition coefficient (Wildman–Crippen LogP) is 3.88. The van der Waals surface area contributed by atoms with E-state index in [4.69, 9.17) is 34.8 Å². The van der Waals surface area contributed by atoms with Crippen LogP contribution in [-0.4, -0.2) is 20.4 Å². The quantitative estimate of drug-likeness (QED) is 0.861. The lowest BCUT2D eigenvalue weighted by Crippen LogP contribution is -2.13. The fourth-order valence-electron chi connectivity index (χ4n) is 1.58. The number of halogens is 3. The number of nitrogens with zero attached hydrogens (tertiary/aromatic N) is 1. The van der Waals surface area contributed by atoms with Crippen LogP contribution >= 0.6 is 34.8 Å². The third-order valence-corrected chi connectivity index (χ3v) is 4.55. The first-order valence-corrected chi connectivity index (χ1v) is 8.26. The number of sulfonamides is 1. The second-order valence-electron chi connectivity index (χ2n) is 4.02. The lowest BCUT2D eigenvalue weighted by Gasteiger charge is -2.10. The molecule has 0 unspecified atom stereocenters. The molecular formula is C12H10Cl3N3O2S. The molecule has 5 nitrogen and oxygen atoms in total. The Morgan fingerprint density at radius 2 is 1.67 bits per heavy atom. The molecule has 0 amide bonds. The Balaban J connectivity index is 2.36. The van der Waals surface area contributed by atoms with Gasteiger partial charge in [0.2, 0.25) is 0 Å². The van der Waals surface area contributed by atoms with Crippen LogP contribution in [0.4, 0.5) is 11.5 Å². The van der Waals surface area contributed by atoms with Crippen molar-refractivity contribution in [3.8, 4) is 0 Å². The number of nitrogens with one attached hydrogen (secondary N) is 2. The molecule has 2 aromatic rings. The van der Waals surface area contributed by atoms with Crippen molar-refractivity contribution in [3.63, 3.8) is 0 Å². The van der Waals surface area contributed by atoms with E-state index in [-0.39, 0.29) is 15.6 Å². The second-order valence-corrected chi connectivity index (χ2v) is 6.98. The van der Waals surface area contributed by atoms with Crippen molar-refractivity contribution < 1.29 is 8.42 Å². The predicted molar refractivity (Wildman–Crippen MR) is 86.1 cm³/mol. The zero-order valence-corrected chi connectivity index (χ0v) is 13.8. The monoisotopic (exact) mass is 365 g/mol. The van der Waals surface area contributed by atoms with Crippen LogP contribution in [0.2, 0.25) is 15.1 Å². The minimum atomic E-state index is -3.84. The zero-order chi connectivity index (χ0) is 15.6. The molecule has 112 valence electrons. The average Bonchev–Trinajstić information content (AvgIpc) is 2.36. The first kappa shape index (κ1) is 16.2. The van der Waals surface area contributed by atoms with Crippen LogP contribution < -0.4 is 10.0 Å². The molecule has 9 heteroatoms. The summed E-state index contributed by atoms with van der Waals surface area (Å²) in [6.45, 7) is 0. The smallest absolute Gasteiger partial charge is 0.263 e. The summed E-state index contributed by atoms with van der Waals surface area (Å²) in [5, 5.41) is 3.59. The molecular weight excluding hydrogens is 357 g/mol. The summed E-state index contributed by atoms with van der Waals surface area (Å²) >= 11 is 17.6. The molecule has 0 atom stereocenters. The van der Waals surface area contributed by atoms with Gasteiger partial charge < -0.3 is 5.32 Å². The largest absolute Gasteiger partial charge is 0.372 e. The molecule has 0 saturated carbocycles. The van der Waals surface area contributed by atoms with E-state index in [0.29, 0.717) is 15.9 Å². The van der Waals surface area contributed by atoms with Gasteiger partial charge in [-0.3, -0.25) is 4.72 Å². The van der Waals surface area contributed by atoms with Gasteiger partial charge in [0.25, 0.3) is 10.0 Å². The van der Waals surface area contributed by atoms with Gasteiger partial charge in [0, 0.05) is 23.3 Å². The van der Waals surface area contributed by atoms with E-state index in [0.717, 1.165) is 0 Å². The van der Waals surface area contributed by atoms with E-state index in [1.165, 1.54) is 30.5 Å². The van der Waals surface area contributed by atoms with Gasteiger partial charge in [0.15, 0.2) is 0 Å². The maximum Gasteiger partial charge on any atom is 0.263 e. The molecule has 0 spiro atoms. The van der Waals surface area contributed by atoms with Crippen molar-refractivity contribution in [2.45, 2.75) is 4.90 Å². The summed E-state index contributed by atoms with van der Waals surface area (Å²) < 4.78 is 26.9. The van der Waals surface area contributed by atoms with Crippen LogP contribution in [-0.2, 0) is 10.0 Å². The molecule has 0 radical (unpaired) electrons. The molecule has 21 heavy (non-hydrogen) atoms. The number of pyridine rings is 1. The highest BCUT2D eigenvalue weighted by Gasteiger charge is 2.17. The number of anilines is 2. The van der Waals surface area contributed by atoms with Crippen molar-refractivity contribution >= 4 is 56.3 Å². The van der Waals surface area contributed by atoms with Gasteiger partial charge in [-0.15, -0.1) is 0 Å². The Bertz CT molecular complexity index is 761. The first-order valence-electron chi connectivity index (χ1n) is 5.64. The Kier molecular flexibility index (Phi) is 4.83. The van der Waals surface area contributed by atoms with Crippen molar-refractivity contribution in [2.24, 2.45) is 0 Å². The lowest BCUT2D eigenvalue weighted by molar-refractivity contribution is 0.601. The minimum absolute atomic E-state index is 0.0670. The van der Waals surface area contributed by atoms with E-state index >= 15 is 0 Å². The van der Waals surface area contributed by atoms with Gasteiger partial charge in [-0.25, -0.2) is 13.4 Å². The van der Waals surface area contributed by atoms with Crippen LogP contribution in [0.15, 0.2) is 35.4 Å². The maximum atomic E-state index is 12.3. The molecule has 0 fully saturated rings. The van der Waals surface area contributed by atoms with Gasteiger partial charge in [-0.2, -0.15) is 0 Å². The number of hydrogen-bond acceptors (Lipinski definition) is 4. The van der Waals surface area contributed by atoms with Crippen molar-refractivity contribution in [1.29, 1.82) is 0 Å². The summed E-state index contributed by atoms with van der Waals surface area (Å²) in [4.78, 5) is 3.86. The molecule has 1 aromatic carbocycles. The highest BCUT2D eigenvalue weighted by atomic mass is 35.5. The summed E-state index contributed by atoms with van der Waals surface area (Å²) in [7, 11) is -2.20. The number of aromatic nitrogens is 1.